The van der Waals surface area contributed by atoms with E-state index in [-0.39, 0.29) is 12.5 Å². The molecule has 0 N–H and O–H groups in total. The molecule has 0 atom stereocenters. The van der Waals surface area contributed by atoms with E-state index in [1.54, 1.807) is 6.21 Å². The van der Waals surface area contributed by atoms with E-state index in [9.17, 15) is 4.79 Å². The maximum absolute atomic E-state index is 11.7. The van der Waals surface area contributed by atoms with Crippen LogP contribution in [0.1, 0.15) is 11.1 Å². The number of rotatable bonds is 4. The summed E-state index contributed by atoms with van der Waals surface area (Å²) in [5.74, 6) is -0.317. The van der Waals surface area contributed by atoms with Crippen molar-refractivity contribution in [2.75, 3.05) is 7.11 Å². The quantitative estimate of drug-likeness (QED) is 0.417. The van der Waals surface area contributed by atoms with Crippen LogP contribution in [0.4, 0.5) is 0 Å². The number of aryl methyl sites for hydroxylation is 1. The molecule has 6 heteroatoms. The molecule has 0 saturated heterocycles. The summed E-state index contributed by atoms with van der Waals surface area (Å²) in [6.45, 7) is 2.15. The molecule has 0 fully saturated rings. The maximum Gasteiger partial charge on any atom is 0.325 e. The molecule has 0 saturated carbocycles. The van der Waals surface area contributed by atoms with Gasteiger partial charge in [0.25, 0.3) is 0 Å². The first kappa shape index (κ1) is 16.1. The van der Waals surface area contributed by atoms with Gasteiger partial charge in [0.15, 0.2) is 0 Å². The van der Waals surface area contributed by atoms with Crippen LogP contribution in [0.3, 0.4) is 0 Å². The Hall–Kier alpha value is -2.73. The maximum atomic E-state index is 11.7. The van der Waals surface area contributed by atoms with Gasteiger partial charge in [-0.1, -0.05) is 53.3 Å². The van der Waals surface area contributed by atoms with Crippen LogP contribution in [0.15, 0.2) is 58.7 Å². The molecule has 0 aliphatic heterocycles. The zero-order valence-corrected chi connectivity index (χ0v) is 14.3. The molecule has 1 aromatic heterocycles. The third-order valence-corrected chi connectivity index (χ3v) is 4.58. The second-order valence-corrected chi connectivity index (χ2v) is 6.28. The fourth-order valence-electron chi connectivity index (χ4n) is 2.24. The molecule has 0 radical (unpaired) electrons. The smallest absolute Gasteiger partial charge is 0.325 e. The fourth-order valence-corrected chi connectivity index (χ4v) is 3.23. The first-order valence-corrected chi connectivity index (χ1v) is 8.28. The van der Waals surface area contributed by atoms with Crippen molar-refractivity contribution in [3.8, 4) is 0 Å². The number of ether oxygens (including phenoxy) is 1. The van der Waals surface area contributed by atoms with Gasteiger partial charge < -0.3 is 9.30 Å². The molecule has 0 spiro atoms. The minimum Gasteiger partial charge on any atom is -0.468 e. The number of para-hydroxylation sites is 1. The van der Waals surface area contributed by atoms with E-state index >= 15 is 0 Å². The van der Waals surface area contributed by atoms with E-state index < -0.39 is 0 Å². The van der Waals surface area contributed by atoms with Crippen LogP contribution < -0.4 is 4.80 Å². The highest BCUT2D eigenvalue weighted by molar-refractivity contribution is 7.16. The number of nitrogens with zero attached hydrogens (tertiary/aromatic N) is 3. The van der Waals surface area contributed by atoms with Gasteiger partial charge in [-0.15, -0.1) is 5.10 Å². The lowest BCUT2D eigenvalue weighted by Crippen LogP contribution is -2.20. The molecule has 3 rings (SSSR count). The van der Waals surface area contributed by atoms with Gasteiger partial charge in [-0.3, -0.25) is 4.79 Å². The third kappa shape index (κ3) is 3.60. The summed E-state index contributed by atoms with van der Waals surface area (Å²) < 4.78 is 7.64. The number of carbonyl (C=O) groups excluding carboxylic acids is 1. The number of hydrogen-bond acceptors (Lipinski definition) is 5. The molecule has 0 bridgehead atoms. The Morgan fingerprint density at radius 3 is 2.71 bits per heavy atom. The molecule has 122 valence electrons. The molecule has 0 aliphatic rings. The van der Waals surface area contributed by atoms with Gasteiger partial charge in [-0.2, -0.15) is 5.10 Å². The molecule has 24 heavy (non-hydrogen) atoms. The minimum atomic E-state index is -0.317. The Labute approximate surface area is 143 Å². The number of esters is 1. The normalized spacial score (nSPS) is 12.2. The van der Waals surface area contributed by atoms with Crippen molar-refractivity contribution >= 4 is 33.7 Å². The lowest BCUT2D eigenvalue weighted by molar-refractivity contribution is -0.141. The summed E-state index contributed by atoms with van der Waals surface area (Å²) in [5, 5.41) is 8.46. The zero-order chi connectivity index (χ0) is 16.9. The molecule has 5 nitrogen and oxygen atoms in total. The zero-order valence-electron chi connectivity index (χ0n) is 13.5. The van der Waals surface area contributed by atoms with Crippen LogP contribution in [0, 0.1) is 6.92 Å². The highest BCUT2D eigenvalue weighted by Crippen LogP contribution is 2.16. The molecule has 1 heterocycles. The SMILES string of the molecule is COC(=O)Cn1/c(=N/N=C/c2ccc(C)cc2)sc2ccccc21. The monoisotopic (exact) mass is 339 g/mol. The van der Waals surface area contributed by atoms with Crippen molar-refractivity contribution in [3.63, 3.8) is 0 Å². The Balaban J connectivity index is 1.99. The summed E-state index contributed by atoms with van der Waals surface area (Å²) in [7, 11) is 1.38. The Morgan fingerprint density at radius 1 is 1.21 bits per heavy atom. The summed E-state index contributed by atoms with van der Waals surface area (Å²) >= 11 is 1.49. The van der Waals surface area contributed by atoms with Crippen LogP contribution in [0.25, 0.3) is 10.2 Å². The van der Waals surface area contributed by atoms with E-state index in [2.05, 4.69) is 10.2 Å². The van der Waals surface area contributed by atoms with E-state index in [1.165, 1.54) is 24.0 Å². The van der Waals surface area contributed by atoms with Gasteiger partial charge in [-0.05, 0) is 24.6 Å². The van der Waals surface area contributed by atoms with E-state index in [0.717, 1.165) is 15.8 Å². The molecule has 0 unspecified atom stereocenters. The summed E-state index contributed by atoms with van der Waals surface area (Å²) in [4.78, 5) is 12.3. The van der Waals surface area contributed by atoms with E-state index in [0.29, 0.717) is 4.80 Å². The number of thiazole rings is 1. The van der Waals surface area contributed by atoms with Crippen molar-refractivity contribution < 1.29 is 9.53 Å². The number of benzene rings is 2. The van der Waals surface area contributed by atoms with Crippen LogP contribution in [0.5, 0.6) is 0 Å². The second-order valence-electron chi connectivity index (χ2n) is 5.27. The molecular weight excluding hydrogens is 322 g/mol. The predicted octanol–water partition coefficient (Wildman–Crippen LogP) is 3.12. The topological polar surface area (TPSA) is 56.0 Å². The Morgan fingerprint density at radius 2 is 1.96 bits per heavy atom. The van der Waals surface area contributed by atoms with Gasteiger partial charge in [0.05, 0.1) is 23.5 Å². The third-order valence-electron chi connectivity index (χ3n) is 3.53. The van der Waals surface area contributed by atoms with Gasteiger partial charge in [0, 0.05) is 0 Å². The van der Waals surface area contributed by atoms with E-state index in [4.69, 9.17) is 4.74 Å². The molecule has 0 amide bonds. The molecular formula is C18H17N3O2S. The highest BCUT2D eigenvalue weighted by atomic mass is 32.1. The summed E-state index contributed by atoms with van der Waals surface area (Å²) in [6.07, 6.45) is 1.70. The van der Waals surface area contributed by atoms with Crippen LogP contribution >= 0.6 is 11.3 Å². The van der Waals surface area contributed by atoms with Crippen molar-refractivity contribution in [2.45, 2.75) is 13.5 Å². The van der Waals surface area contributed by atoms with Crippen molar-refractivity contribution in [1.29, 1.82) is 0 Å². The molecule has 0 aliphatic carbocycles. The average molecular weight is 339 g/mol. The predicted molar refractivity (Wildman–Crippen MR) is 96.2 cm³/mol. The molecule has 2 aromatic carbocycles. The first-order chi connectivity index (χ1) is 11.7. The van der Waals surface area contributed by atoms with Gasteiger partial charge in [-0.25, -0.2) is 0 Å². The van der Waals surface area contributed by atoms with Gasteiger partial charge in [0.2, 0.25) is 4.80 Å². The Bertz CT molecular complexity index is 952. The largest absolute Gasteiger partial charge is 0.468 e. The van der Waals surface area contributed by atoms with Gasteiger partial charge >= 0.3 is 5.97 Å². The van der Waals surface area contributed by atoms with Crippen molar-refractivity contribution in [3.05, 3.63) is 64.5 Å². The van der Waals surface area contributed by atoms with Crippen molar-refractivity contribution in [1.82, 2.24) is 4.57 Å². The first-order valence-electron chi connectivity index (χ1n) is 7.46. The second kappa shape index (κ2) is 7.23. The van der Waals surface area contributed by atoms with Gasteiger partial charge in [0.1, 0.15) is 6.54 Å². The highest BCUT2D eigenvalue weighted by Gasteiger charge is 2.09. The number of methoxy groups -OCH3 is 1. The number of fused-ring (bicyclic) bond motifs is 1. The summed E-state index contributed by atoms with van der Waals surface area (Å²) in [5.41, 5.74) is 3.12. The van der Waals surface area contributed by atoms with Crippen LogP contribution in [-0.4, -0.2) is 23.9 Å². The summed E-state index contributed by atoms with van der Waals surface area (Å²) in [6, 6.07) is 15.9. The van der Waals surface area contributed by atoms with Crippen LogP contribution in [0.2, 0.25) is 0 Å². The number of carbonyl (C=O) groups is 1. The number of aromatic nitrogens is 1. The minimum absolute atomic E-state index is 0.111. The number of hydrogen-bond donors (Lipinski definition) is 0. The lowest BCUT2D eigenvalue weighted by atomic mass is 10.2. The lowest BCUT2D eigenvalue weighted by Gasteiger charge is -2.02. The van der Waals surface area contributed by atoms with Crippen molar-refractivity contribution in [2.24, 2.45) is 10.2 Å². The fraction of sp³-hybridized carbons (Fsp3) is 0.167. The van der Waals surface area contributed by atoms with E-state index in [1.807, 2.05) is 60.0 Å². The van der Waals surface area contributed by atoms with Crippen LogP contribution in [-0.2, 0) is 16.1 Å². The standard InChI is InChI=1S/C18H17N3O2S/c1-13-7-9-14(10-8-13)11-19-20-18-21(12-17(22)23-2)15-5-3-4-6-16(15)24-18/h3-11H,12H2,1-2H3/b19-11+,20-18-. The molecule has 3 aromatic rings. The Kier molecular flexibility index (Phi) is 4.86. The average Bonchev–Trinajstić information content (AvgIpc) is 2.94.